The highest BCUT2D eigenvalue weighted by molar-refractivity contribution is 6.01. The number of aryl methyl sites for hydroxylation is 2. The highest BCUT2D eigenvalue weighted by Crippen LogP contribution is 2.30. The molecule has 0 saturated heterocycles. The highest BCUT2D eigenvalue weighted by Gasteiger charge is 2.35. The molecule has 0 spiro atoms. The zero-order valence-electron chi connectivity index (χ0n) is 21.4. The van der Waals surface area contributed by atoms with Crippen LogP contribution >= 0.6 is 0 Å². The summed E-state index contributed by atoms with van der Waals surface area (Å²) in [7, 11) is 0. The second-order valence-electron chi connectivity index (χ2n) is 9.76. The molecule has 0 bridgehead atoms. The molecule has 4 aromatic rings. The number of benzene rings is 2. The molecule has 0 saturated carbocycles. The summed E-state index contributed by atoms with van der Waals surface area (Å²) in [6, 6.07) is 16.0. The number of para-hydroxylation sites is 1. The number of anilines is 1. The Labute approximate surface area is 211 Å². The van der Waals surface area contributed by atoms with Crippen LogP contribution in [0.25, 0.3) is 11.0 Å². The molecule has 2 heterocycles. The minimum atomic E-state index is -0.923. The molecule has 0 fully saturated rings. The van der Waals surface area contributed by atoms with Crippen molar-refractivity contribution in [3.8, 4) is 0 Å². The fourth-order valence-electron chi connectivity index (χ4n) is 4.21. The predicted octanol–water partition coefficient (Wildman–Crippen LogP) is 4.52. The number of pyridine rings is 1. The second-order valence-corrected chi connectivity index (χ2v) is 9.76. The van der Waals surface area contributed by atoms with Crippen molar-refractivity contribution in [2.45, 2.75) is 59.2 Å². The fraction of sp³-hybridized carbons (Fsp3) is 0.321. The summed E-state index contributed by atoms with van der Waals surface area (Å²) in [5.41, 5.74) is 4.26. The lowest BCUT2D eigenvalue weighted by Crippen LogP contribution is -2.51. The van der Waals surface area contributed by atoms with Crippen molar-refractivity contribution < 1.29 is 9.59 Å². The van der Waals surface area contributed by atoms with Crippen molar-refractivity contribution in [1.82, 2.24) is 25.3 Å². The van der Waals surface area contributed by atoms with Crippen LogP contribution in [-0.2, 0) is 16.1 Å². The molecule has 8 heteroatoms. The molecule has 1 N–H and O–H groups in total. The largest absolute Gasteiger partial charge is 0.349 e. The van der Waals surface area contributed by atoms with Gasteiger partial charge in [-0.2, -0.15) is 0 Å². The van der Waals surface area contributed by atoms with Crippen LogP contribution in [0.2, 0.25) is 0 Å². The molecule has 0 aliphatic rings. The maximum Gasteiger partial charge on any atom is 0.249 e. The lowest BCUT2D eigenvalue weighted by molar-refractivity contribution is -0.128. The summed E-state index contributed by atoms with van der Waals surface area (Å²) in [5, 5.41) is 11.5. The van der Waals surface area contributed by atoms with Gasteiger partial charge in [-0.15, -0.1) is 5.10 Å². The molecule has 2 aromatic carbocycles. The third-order valence-electron chi connectivity index (χ3n) is 6.31. The van der Waals surface area contributed by atoms with Gasteiger partial charge in [-0.1, -0.05) is 36.4 Å². The number of rotatable bonds is 8. The molecule has 2 aromatic heterocycles. The first-order chi connectivity index (χ1) is 17.2. The molecule has 4 rings (SSSR count). The monoisotopic (exact) mass is 484 g/mol. The number of carbonyl (C=O) groups is 2. The van der Waals surface area contributed by atoms with Gasteiger partial charge in [0.15, 0.2) is 0 Å². The Morgan fingerprint density at radius 2 is 1.78 bits per heavy atom. The Morgan fingerprint density at radius 3 is 2.44 bits per heavy atom. The zero-order valence-corrected chi connectivity index (χ0v) is 21.4. The predicted molar refractivity (Wildman–Crippen MR) is 140 cm³/mol. The molecule has 186 valence electrons. The topological polar surface area (TPSA) is 93.0 Å². The zero-order chi connectivity index (χ0) is 25.9. The van der Waals surface area contributed by atoms with Gasteiger partial charge in [-0.3, -0.25) is 19.5 Å². The number of hydrogen-bond acceptors (Lipinski definition) is 5. The molecule has 2 amide bonds. The van der Waals surface area contributed by atoms with Crippen molar-refractivity contribution in [2.75, 3.05) is 4.90 Å². The number of aromatic nitrogens is 4. The Balaban J connectivity index is 1.83. The molecule has 1 unspecified atom stereocenters. The van der Waals surface area contributed by atoms with Gasteiger partial charge >= 0.3 is 0 Å². The molecule has 1 atom stereocenters. The van der Waals surface area contributed by atoms with E-state index in [0.29, 0.717) is 16.8 Å². The van der Waals surface area contributed by atoms with Crippen LogP contribution in [-0.4, -0.2) is 37.3 Å². The van der Waals surface area contributed by atoms with Crippen LogP contribution in [0.5, 0.6) is 0 Å². The van der Waals surface area contributed by atoms with Crippen molar-refractivity contribution in [2.24, 2.45) is 0 Å². The van der Waals surface area contributed by atoms with E-state index in [-0.39, 0.29) is 18.4 Å². The number of carbonyl (C=O) groups excluding carboxylic acids is 2. The summed E-state index contributed by atoms with van der Waals surface area (Å²) in [6.45, 7) is 9.83. The first-order valence-electron chi connectivity index (χ1n) is 12.1. The smallest absolute Gasteiger partial charge is 0.249 e. The minimum absolute atomic E-state index is 0.0747. The Hall–Kier alpha value is -4.07. The average Bonchev–Trinajstić information content (AvgIpc) is 3.24. The normalized spacial score (nSPS) is 12.4. The van der Waals surface area contributed by atoms with Gasteiger partial charge in [0.25, 0.3) is 0 Å². The van der Waals surface area contributed by atoms with Gasteiger partial charge in [-0.05, 0) is 75.6 Å². The van der Waals surface area contributed by atoms with Crippen LogP contribution in [0.4, 0.5) is 5.69 Å². The number of hydrogen-bond donors (Lipinski definition) is 1. The van der Waals surface area contributed by atoms with Crippen LogP contribution in [0.15, 0.2) is 67.0 Å². The first kappa shape index (κ1) is 25.0. The van der Waals surface area contributed by atoms with E-state index in [0.717, 1.165) is 23.1 Å². The van der Waals surface area contributed by atoms with Crippen LogP contribution in [0.3, 0.4) is 0 Å². The van der Waals surface area contributed by atoms with Crippen molar-refractivity contribution in [3.05, 3.63) is 83.7 Å². The third-order valence-corrected chi connectivity index (χ3v) is 6.31. The molecule has 0 aliphatic carbocycles. The molecule has 0 radical (unpaired) electrons. The van der Waals surface area contributed by atoms with Gasteiger partial charge in [0, 0.05) is 29.2 Å². The van der Waals surface area contributed by atoms with Gasteiger partial charge in [0.1, 0.15) is 18.1 Å². The van der Waals surface area contributed by atoms with Crippen LogP contribution in [0, 0.1) is 13.8 Å². The number of fused-ring (bicyclic) bond motifs is 1. The SMILES string of the molecule is CCC(C)(C)NC(=O)C(c1cccnc1)N(C(=O)Cn1nnc2ccccc21)c1cc(C)cc(C)c1. The van der Waals surface area contributed by atoms with Crippen molar-refractivity contribution >= 4 is 28.5 Å². The van der Waals surface area contributed by atoms with E-state index in [4.69, 9.17) is 0 Å². The van der Waals surface area contributed by atoms with E-state index in [9.17, 15) is 9.59 Å². The molecular weight excluding hydrogens is 452 g/mol. The number of nitrogens with one attached hydrogen (secondary N) is 1. The quantitative estimate of drug-likeness (QED) is 0.397. The Kier molecular flexibility index (Phi) is 7.15. The number of amides is 2. The fourth-order valence-corrected chi connectivity index (χ4v) is 4.21. The maximum absolute atomic E-state index is 14.1. The average molecular weight is 485 g/mol. The molecule has 0 aliphatic heterocycles. The van der Waals surface area contributed by atoms with E-state index < -0.39 is 11.6 Å². The van der Waals surface area contributed by atoms with Gasteiger partial charge in [-0.25, -0.2) is 4.68 Å². The van der Waals surface area contributed by atoms with Crippen LogP contribution < -0.4 is 10.2 Å². The standard InChI is InChI=1S/C28H32N6O2/c1-6-28(4,5)30-27(36)26(21-10-9-13-29-17-21)34(22-15-19(2)14-20(3)16-22)25(35)18-33-24-12-8-7-11-23(24)31-32-33/h7-17,26H,6,18H2,1-5H3,(H,30,36). The molecular formula is C28H32N6O2. The maximum atomic E-state index is 14.1. The van der Waals surface area contributed by atoms with Crippen molar-refractivity contribution in [1.29, 1.82) is 0 Å². The van der Waals surface area contributed by atoms with E-state index >= 15 is 0 Å². The number of nitrogens with zero attached hydrogens (tertiary/aromatic N) is 5. The van der Waals surface area contributed by atoms with Gasteiger partial charge in [0.05, 0.1) is 5.52 Å². The van der Waals surface area contributed by atoms with Gasteiger partial charge < -0.3 is 5.32 Å². The van der Waals surface area contributed by atoms with Crippen molar-refractivity contribution in [3.63, 3.8) is 0 Å². The lowest BCUT2D eigenvalue weighted by Gasteiger charge is -2.34. The van der Waals surface area contributed by atoms with E-state index in [1.807, 2.05) is 83.1 Å². The minimum Gasteiger partial charge on any atom is -0.349 e. The summed E-state index contributed by atoms with van der Waals surface area (Å²) >= 11 is 0. The summed E-state index contributed by atoms with van der Waals surface area (Å²) in [5.74, 6) is -0.556. The Bertz CT molecular complexity index is 1360. The van der Waals surface area contributed by atoms with E-state index in [1.54, 1.807) is 28.0 Å². The Morgan fingerprint density at radius 1 is 1.06 bits per heavy atom. The van der Waals surface area contributed by atoms with E-state index in [1.165, 1.54) is 0 Å². The third kappa shape index (κ3) is 5.43. The molecule has 36 heavy (non-hydrogen) atoms. The lowest BCUT2D eigenvalue weighted by atomic mass is 9.98. The highest BCUT2D eigenvalue weighted by atomic mass is 16.2. The second kappa shape index (κ2) is 10.3. The summed E-state index contributed by atoms with van der Waals surface area (Å²) in [6.07, 6.45) is 4.02. The van der Waals surface area contributed by atoms with E-state index in [2.05, 4.69) is 20.6 Å². The summed E-state index contributed by atoms with van der Waals surface area (Å²) in [4.78, 5) is 33.7. The van der Waals surface area contributed by atoms with Gasteiger partial charge in [0.2, 0.25) is 11.8 Å². The van der Waals surface area contributed by atoms with Crippen LogP contribution in [0.1, 0.15) is 49.9 Å². The first-order valence-corrected chi connectivity index (χ1v) is 12.1. The molecule has 8 nitrogen and oxygen atoms in total. The summed E-state index contributed by atoms with van der Waals surface area (Å²) < 4.78 is 1.57.